The van der Waals surface area contributed by atoms with E-state index in [0.717, 1.165) is 0 Å². The smallest absolute Gasteiger partial charge is 0.337 e. The van der Waals surface area contributed by atoms with E-state index in [9.17, 15) is 4.79 Å². The number of pyridine rings is 1. The molecule has 1 N–H and O–H groups in total. The second kappa shape index (κ2) is 3.88. The first kappa shape index (κ1) is 9.84. The highest BCUT2D eigenvalue weighted by Gasteiger charge is 2.00. The predicted molar refractivity (Wildman–Crippen MR) is 38.7 cm³/mol. The lowest BCUT2D eigenvalue weighted by atomic mass is 10.3. The van der Waals surface area contributed by atoms with E-state index in [1.54, 1.807) is 0 Å². The normalized spacial score (nSPS) is 8.45. The first-order chi connectivity index (χ1) is 4.70. The van der Waals surface area contributed by atoms with Crippen molar-refractivity contribution in [3.05, 3.63) is 29.0 Å². The lowest BCUT2D eigenvalue weighted by Crippen LogP contribution is -1.95. The second-order valence-corrected chi connectivity index (χ2v) is 2.06. The number of carboxylic acids is 1. The third kappa shape index (κ3) is 2.51. The van der Waals surface area contributed by atoms with Crippen LogP contribution in [0.5, 0.6) is 0 Å². The van der Waals surface area contributed by atoms with Gasteiger partial charge in [0.25, 0.3) is 0 Å². The number of carboxylic acid groups (broad SMARTS) is 1. The van der Waals surface area contributed by atoms with Crippen LogP contribution in [0.15, 0.2) is 18.3 Å². The molecule has 1 aromatic rings. The van der Waals surface area contributed by atoms with Crippen molar-refractivity contribution in [2.24, 2.45) is 0 Å². The fourth-order valence-corrected chi connectivity index (χ4v) is 0.614. The van der Waals surface area contributed by atoms with E-state index in [1.807, 2.05) is 0 Å². The molecule has 0 saturated carbocycles. The molecule has 0 unspecified atom stereocenters. The van der Waals surface area contributed by atoms with Gasteiger partial charge in [-0.1, -0.05) is 11.6 Å². The number of hydrogen-bond donors (Lipinski definition) is 1. The molecule has 0 aliphatic rings. The van der Waals surface area contributed by atoms with Gasteiger partial charge >= 0.3 is 5.97 Å². The summed E-state index contributed by atoms with van der Waals surface area (Å²) in [6, 6.07) is 2.84. The van der Waals surface area contributed by atoms with Gasteiger partial charge in [0.2, 0.25) is 0 Å². The van der Waals surface area contributed by atoms with E-state index in [0.29, 0.717) is 5.15 Å². The third-order valence-electron chi connectivity index (χ3n) is 0.974. The molecule has 11 heavy (non-hydrogen) atoms. The van der Waals surface area contributed by atoms with Crippen molar-refractivity contribution in [3.8, 4) is 0 Å². The van der Waals surface area contributed by atoms with Crippen LogP contribution >= 0.6 is 11.6 Å². The standard InChI is InChI=1S/C6H4ClNO2.FH/c7-5-2-1-4(3-8-5)6(9)10;/h1-3H,(H,9,10);1H. The van der Waals surface area contributed by atoms with Gasteiger partial charge in [-0.25, -0.2) is 9.78 Å². The summed E-state index contributed by atoms with van der Waals surface area (Å²) in [4.78, 5) is 13.8. The highest BCUT2D eigenvalue weighted by molar-refractivity contribution is 6.29. The SMILES string of the molecule is F.O=C(O)c1ccc(Cl)nc1. The van der Waals surface area contributed by atoms with E-state index in [-0.39, 0.29) is 10.3 Å². The summed E-state index contributed by atoms with van der Waals surface area (Å²) >= 11 is 5.41. The molecule has 0 aromatic carbocycles. The topological polar surface area (TPSA) is 50.2 Å². The largest absolute Gasteiger partial charge is 0.478 e. The van der Waals surface area contributed by atoms with Gasteiger partial charge < -0.3 is 5.11 Å². The maximum absolute atomic E-state index is 10.2. The first-order valence-electron chi connectivity index (χ1n) is 2.55. The van der Waals surface area contributed by atoms with Crippen molar-refractivity contribution in [2.45, 2.75) is 0 Å². The Morgan fingerprint density at radius 1 is 1.55 bits per heavy atom. The van der Waals surface area contributed by atoms with Crippen LogP contribution in [-0.2, 0) is 0 Å². The maximum Gasteiger partial charge on any atom is 0.337 e. The summed E-state index contributed by atoms with van der Waals surface area (Å²) in [5, 5.41) is 8.69. The van der Waals surface area contributed by atoms with E-state index >= 15 is 0 Å². The number of carbonyl (C=O) groups is 1. The van der Waals surface area contributed by atoms with Gasteiger partial charge in [0, 0.05) is 6.20 Å². The van der Waals surface area contributed by atoms with Gasteiger partial charge in [0.05, 0.1) is 5.56 Å². The molecule has 5 heteroatoms. The average Bonchev–Trinajstić information content (AvgIpc) is 1.88. The minimum absolute atomic E-state index is 0. The molecule has 0 aliphatic heterocycles. The van der Waals surface area contributed by atoms with E-state index in [4.69, 9.17) is 16.7 Å². The van der Waals surface area contributed by atoms with Crippen LogP contribution in [0.1, 0.15) is 10.4 Å². The Morgan fingerprint density at radius 3 is 2.55 bits per heavy atom. The van der Waals surface area contributed by atoms with Crippen molar-refractivity contribution in [1.29, 1.82) is 0 Å². The molecule has 0 spiro atoms. The first-order valence-corrected chi connectivity index (χ1v) is 2.93. The molecule has 1 heterocycles. The Labute approximate surface area is 67.0 Å². The van der Waals surface area contributed by atoms with Gasteiger partial charge in [0.1, 0.15) is 5.15 Å². The number of nitrogens with zero attached hydrogens (tertiary/aromatic N) is 1. The van der Waals surface area contributed by atoms with E-state index < -0.39 is 5.97 Å². The zero-order valence-electron chi connectivity index (χ0n) is 5.32. The predicted octanol–water partition coefficient (Wildman–Crippen LogP) is 1.59. The molecule has 0 aliphatic carbocycles. The quantitative estimate of drug-likeness (QED) is 0.663. The highest BCUT2D eigenvalue weighted by Crippen LogP contribution is 2.04. The Morgan fingerprint density at radius 2 is 2.18 bits per heavy atom. The van der Waals surface area contributed by atoms with Crippen LogP contribution in [0, 0.1) is 0 Å². The molecule has 0 fully saturated rings. The molecule has 3 nitrogen and oxygen atoms in total. The molecule has 1 rings (SSSR count). The van der Waals surface area contributed by atoms with Crippen LogP contribution in [0.3, 0.4) is 0 Å². The van der Waals surface area contributed by atoms with Crippen LogP contribution in [0.4, 0.5) is 4.70 Å². The van der Waals surface area contributed by atoms with Crippen molar-refractivity contribution in [1.82, 2.24) is 4.98 Å². The summed E-state index contributed by atoms with van der Waals surface area (Å²) < 4.78 is 0. The van der Waals surface area contributed by atoms with Crippen LogP contribution in [0.2, 0.25) is 5.15 Å². The van der Waals surface area contributed by atoms with Gasteiger partial charge in [-0.3, -0.25) is 4.70 Å². The monoisotopic (exact) mass is 177 g/mol. The molecular formula is C6H5ClFNO2. The lowest BCUT2D eigenvalue weighted by molar-refractivity contribution is 0.0696. The summed E-state index contributed by atoms with van der Waals surface area (Å²) in [5.74, 6) is -0.996. The van der Waals surface area contributed by atoms with Gasteiger partial charge in [-0.2, -0.15) is 0 Å². The van der Waals surface area contributed by atoms with Crippen LogP contribution in [0.25, 0.3) is 0 Å². The second-order valence-electron chi connectivity index (χ2n) is 1.67. The van der Waals surface area contributed by atoms with Crippen molar-refractivity contribution in [3.63, 3.8) is 0 Å². The molecular weight excluding hydrogens is 173 g/mol. The fraction of sp³-hybridized carbons (Fsp3) is 0. The van der Waals surface area contributed by atoms with Gasteiger partial charge in [-0.05, 0) is 12.1 Å². The minimum Gasteiger partial charge on any atom is -0.478 e. The Kier molecular flexibility index (Phi) is 3.47. The molecule has 0 amide bonds. The van der Waals surface area contributed by atoms with E-state index in [2.05, 4.69) is 4.98 Å². The fourth-order valence-electron chi connectivity index (χ4n) is 0.502. The zero-order valence-corrected chi connectivity index (χ0v) is 6.08. The number of hydrogen-bond acceptors (Lipinski definition) is 2. The number of aromatic nitrogens is 1. The van der Waals surface area contributed by atoms with Gasteiger partial charge in [-0.15, -0.1) is 0 Å². The maximum atomic E-state index is 10.2. The molecule has 0 radical (unpaired) electrons. The third-order valence-corrected chi connectivity index (χ3v) is 1.20. The minimum atomic E-state index is -0.996. The molecule has 0 atom stereocenters. The van der Waals surface area contributed by atoms with Crippen molar-refractivity contribution in [2.75, 3.05) is 0 Å². The number of rotatable bonds is 1. The average molecular weight is 178 g/mol. The van der Waals surface area contributed by atoms with Crippen LogP contribution < -0.4 is 0 Å². The Hall–Kier alpha value is -1.16. The van der Waals surface area contributed by atoms with E-state index in [1.165, 1.54) is 18.3 Å². The highest BCUT2D eigenvalue weighted by atomic mass is 35.5. The Bertz CT molecular complexity index is 249. The summed E-state index contributed by atoms with van der Waals surface area (Å²) in [6.45, 7) is 0. The van der Waals surface area contributed by atoms with Crippen molar-refractivity contribution < 1.29 is 14.6 Å². The van der Waals surface area contributed by atoms with Crippen LogP contribution in [-0.4, -0.2) is 16.1 Å². The number of aromatic carboxylic acids is 1. The summed E-state index contributed by atoms with van der Waals surface area (Å²) in [7, 11) is 0. The Balaban J connectivity index is 0.000001000. The zero-order chi connectivity index (χ0) is 7.56. The summed E-state index contributed by atoms with van der Waals surface area (Å²) in [5.41, 5.74) is 0.143. The lowest BCUT2D eigenvalue weighted by Gasteiger charge is -1.90. The molecule has 0 saturated heterocycles. The summed E-state index contributed by atoms with van der Waals surface area (Å²) in [6.07, 6.45) is 1.21. The molecule has 0 bridgehead atoms. The molecule has 1 aromatic heterocycles. The number of halogens is 2. The van der Waals surface area contributed by atoms with Crippen molar-refractivity contribution >= 4 is 17.6 Å². The van der Waals surface area contributed by atoms with Gasteiger partial charge in [0.15, 0.2) is 0 Å². The molecule has 60 valence electrons.